The molecule has 2 aromatic rings. The van der Waals surface area contributed by atoms with Gasteiger partial charge in [-0.25, -0.2) is 0 Å². The topological polar surface area (TPSA) is 87.7 Å². The van der Waals surface area contributed by atoms with Crippen LogP contribution in [0, 0.1) is 0 Å². The van der Waals surface area contributed by atoms with E-state index in [1.807, 2.05) is 6.07 Å². The first-order chi connectivity index (χ1) is 11.5. The summed E-state index contributed by atoms with van der Waals surface area (Å²) in [5, 5.41) is 14.6. The molecule has 2 aromatic carbocycles. The summed E-state index contributed by atoms with van der Waals surface area (Å²) in [5.41, 5.74) is 0.421. The number of benzene rings is 2. The molecule has 7 heteroatoms. The fourth-order valence-electron chi connectivity index (χ4n) is 1.85. The predicted octanol–water partition coefficient (Wildman–Crippen LogP) is 2.57. The Bertz CT molecular complexity index is 722. The van der Waals surface area contributed by atoms with E-state index in [-0.39, 0.29) is 17.4 Å². The third-order valence-electron chi connectivity index (χ3n) is 3.10. The van der Waals surface area contributed by atoms with Gasteiger partial charge in [0.25, 0.3) is 5.91 Å². The van der Waals surface area contributed by atoms with Gasteiger partial charge in [-0.3, -0.25) is 9.59 Å². The van der Waals surface area contributed by atoms with Crippen LogP contribution in [0.5, 0.6) is 11.5 Å². The number of phenolic OH excluding ortho intramolecular Hbond substituents is 1. The number of rotatable bonds is 6. The van der Waals surface area contributed by atoms with Gasteiger partial charge in [0, 0.05) is 5.69 Å². The Morgan fingerprint density at radius 2 is 1.92 bits per heavy atom. The van der Waals surface area contributed by atoms with E-state index in [2.05, 4.69) is 10.6 Å². The Hall–Kier alpha value is -2.73. The molecular formula is C17H17ClN2O4. The van der Waals surface area contributed by atoms with Gasteiger partial charge in [0.15, 0.2) is 6.61 Å². The minimum atomic E-state index is -0.760. The number of halogens is 1. The lowest BCUT2D eigenvalue weighted by molar-refractivity contribution is -0.127. The average molecular weight is 349 g/mol. The second-order valence-electron chi connectivity index (χ2n) is 5.05. The van der Waals surface area contributed by atoms with Crippen LogP contribution in [0.2, 0.25) is 5.02 Å². The lowest BCUT2D eigenvalue weighted by atomic mass is 10.2. The largest absolute Gasteiger partial charge is 0.506 e. The zero-order valence-electron chi connectivity index (χ0n) is 13.0. The number of phenols is 1. The lowest BCUT2D eigenvalue weighted by Gasteiger charge is -2.15. The number of carbonyl (C=O) groups excluding carboxylic acids is 2. The van der Waals surface area contributed by atoms with Crippen molar-refractivity contribution in [3.63, 3.8) is 0 Å². The van der Waals surface area contributed by atoms with E-state index in [1.165, 1.54) is 18.2 Å². The van der Waals surface area contributed by atoms with E-state index in [9.17, 15) is 14.7 Å². The molecule has 0 bridgehead atoms. The summed E-state index contributed by atoms with van der Waals surface area (Å²) in [6, 6.07) is 12.4. The van der Waals surface area contributed by atoms with E-state index < -0.39 is 17.9 Å². The van der Waals surface area contributed by atoms with Crippen molar-refractivity contribution in [1.82, 2.24) is 5.32 Å². The Morgan fingerprint density at radius 1 is 1.21 bits per heavy atom. The van der Waals surface area contributed by atoms with E-state index in [4.69, 9.17) is 16.3 Å². The smallest absolute Gasteiger partial charge is 0.258 e. The Balaban J connectivity index is 1.82. The van der Waals surface area contributed by atoms with Crippen molar-refractivity contribution in [2.24, 2.45) is 0 Å². The van der Waals surface area contributed by atoms with Gasteiger partial charge in [0.05, 0.1) is 5.02 Å². The van der Waals surface area contributed by atoms with Crippen molar-refractivity contribution in [2.75, 3.05) is 11.9 Å². The molecule has 0 aliphatic heterocycles. The van der Waals surface area contributed by atoms with E-state index in [0.717, 1.165) is 0 Å². The molecule has 0 saturated heterocycles. The summed E-state index contributed by atoms with van der Waals surface area (Å²) in [6.45, 7) is 1.37. The molecule has 0 aromatic heterocycles. The Morgan fingerprint density at radius 3 is 2.58 bits per heavy atom. The quantitative estimate of drug-likeness (QED) is 0.700. The standard InChI is InChI=1S/C17H17ClN2O4/c1-11(17(23)20-12-7-8-15(21)14(18)9-12)19-16(22)10-24-13-5-3-2-4-6-13/h2-9,11,21H,10H2,1H3,(H,19,22)(H,20,23)/t11-/m1/s1. The van der Waals surface area contributed by atoms with Crippen LogP contribution in [0.25, 0.3) is 0 Å². The number of para-hydroxylation sites is 1. The van der Waals surface area contributed by atoms with Crippen molar-refractivity contribution in [1.29, 1.82) is 0 Å². The predicted molar refractivity (Wildman–Crippen MR) is 91.3 cm³/mol. The molecule has 3 N–H and O–H groups in total. The fourth-order valence-corrected chi connectivity index (χ4v) is 2.03. The van der Waals surface area contributed by atoms with Gasteiger partial charge in [0.2, 0.25) is 5.91 Å². The van der Waals surface area contributed by atoms with Crippen molar-refractivity contribution in [2.45, 2.75) is 13.0 Å². The number of ether oxygens (including phenoxy) is 1. The number of carbonyl (C=O) groups is 2. The SMILES string of the molecule is C[C@@H](NC(=O)COc1ccccc1)C(=O)Nc1ccc(O)c(Cl)c1. The summed E-state index contributed by atoms with van der Waals surface area (Å²) in [4.78, 5) is 23.9. The summed E-state index contributed by atoms with van der Waals surface area (Å²) in [6.07, 6.45) is 0. The number of nitrogens with one attached hydrogen (secondary N) is 2. The van der Waals surface area contributed by atoms with Gasteiger partial charge < -0.3 is 20.5 Å². The van der Waals surface area contributed by atoms with E-state index >= 15 is 0 Å². The first-order valence-corrected chi connectivity index (χ1v) is 7.60. The molecule has 0 saturated carbocycles. The fraction of sp³-hybridized carbons (Fsp3) is 0.176. The van der Waals surface area contributed by atoms with Gasteiger partial charge in [-0.15, -0.1) is 0 Å². The molecule has 2 rings (SSSR count). The Kier molecular flexibility index (Phi) is 6.03. The summed E-state index contributed by atoms with van der Waals surface area (Å²) in [7, 11) is 0. The summed E-state index contributed by atoms with van der Waals surface area (Å²) >= 11 is 5.77. The first-order valence-electron chi connectivity index (χ1n) is 7.22. The number of amides is 2. The van der Waals surface area contributed by atoms with Crippen LogP contribution >= 0.6 is 11.6 Å². The van der Waals surface area contributed by atoms with Crippen LogP contribution < -0.4 is 15.4 Å². The third kappa shape index (κ3) is 5.17. The van der Waals surface area contributed by atoms with Gasteiger partial charge in [0.1, 0.15) is 17.5 Å². The van der Waals surface area contributed by atoms with E-state index in [1.54, 1.807) is 31.2 Å². The molecule has 24 heavy (non-hydrogen) atoms. The number of hydrogen-bond donors (Lipinski definition) is 3. The maximum Gasteiger partial charge on any atom is 0.258 e. The molecule has 6 nitrogen and oxygen atoms in total. The van der Waals surface area contributed by atoms with Gasteiger partial charge in [-0.1, -0.05) is 29.8 Å². The molecule has 0 unspecified atom stereocenters. The molecule has 0 aliphatic carbocycles. The number of hydrogen-bond acceptors (Lipinski definition) is 4. The second-order valence-corrected chi connectivity index (χ2v) is 5.45. The molecule has 2 amide bonds. The highest BCUT2D eigenvalue weighted by atomic mass is 35.5. The van der Waals surface area contributed by atoms with Gasteiger partial charge in [-0.05, 0) is 37.3 Å². The summed E-state index contributed by atoms with van der Waals surface area (Å²) < 4.78 is 5.31. The van der Waals surface area contributed by atoms with Crippen molar-refractivity contribution in [3.05, 3.63) is 53.6 Å². The maximum absolute atomic E-state index is 12.0. The van der Waals surface area contributed by atoms with Crippen LogP contribution in [0.15, 0.2) is 48.5 Å². The van der Waals surface area contributed by atoms with Crippen LogP contribution in [0.1, 0.15) is 6.92 Å². The lowest BCUT2D eigenvalue weighted by Crippen LogP contribution is -2.43. The minimum Gasteiger partial charge on any atom is -0.506 e. The molecule has 0 heterocycles. The molecule has 0 fully saturated rings. The number of aromatic hydroxyl groups is 1. The van der Waals surface area contributed by atoms with Crippen LogP contribution in [0.4, 0.5) is 5.69 Å². The maximum atomic E-state index is 12.0. The average Bonchev–Trinajstić information content (AvgIpc) is 2.57. The van der Waals surface area contributed by atoms with Crippen molar-refractivity contribution in [3.8, 4) is 11.5 Å². The number of anilines is 1. The normalized spacial score (nSPS) is 11.4. The van der Waals surface area contributed by atoms with Crippen LogP contribution in [-0.4, -0.2) is 29.6 Å². The molecular weight excluding hydrogens is 332 g/mol. The van der Waals surface area contributed by atoms with E-state index in [0.29, 0.717) is 11.4 Å². The van der Waals surface area contributed by atoms with Crippen LogP contribution in [0.3, 0.4) is 0 Å². The highest BCUT2D eigenvalue weighted by Crippen LogP contribution is 2.26. The minimum absolute atomic E-state index is 0.0749. The molecule has 1 atom stereocenters. The third-order valence-corrected chi connectivity index (χ3v) is 3.40. The van der Waals surface area contributed by atoms with Gasteiger partial charge in [-0.2, -0.15) is 0 Å². The molecule has 0 aliphatic rings. The molecule has 0 radical (unpaired) electrons. The summed E-state index contributed by atoms with van der Waals surface area (Å²) in [5.74, 6) is -0.326. The molecule has 126 valence electrons. The van der Waals surface area contributed by atoms with Crippen LogP contribution in [-0.2, 0) is 9.59 Å². The highest BCUT2D eigenvalue weighted by Gasteiger charge is 2.16. The monoisotopic (exact) mass is 348 g/mol. The molecule has 0 spiro atoms. The zero-order valence-corrected chi connectivity index (χ0v) is 13.7. The zero-order chi connectivity index (χ0) is 17.5. The van der Waals surface area contributed by atoms with Crippen molar-refractivity contribution < 1.29 is 19.4 Å². The highest BCUT2D eigenvalue weighted by molar-refractivity contribution is 6.32. The second kappa shape index (κ2) is 8.21. The first kappa shape index (κ1) is 17.6. The van der Waals surface area contributed by atoms with Crippen molar-refractivity contribution >= 4 is 29.1 Å². The Labute approximate surface area is 144 Å². The van der Waals surface area contributed by atoms with Gasteiger partial charge >= 0.3 is 0 Å².